The summed E-state index contributed by atoms with van der Waals surface area (Å²) < 4.78 is 0. The van der Waals surface area contributed by atoms with E-state index in [0.717, 1.165) is 24.8 Å². The van der Waals surface area contributed by atoms with E-state index in [0.29, 0.717) is 31.9 Å². The van der Waals surface area contributed by atoms with E-state index >= 15 is 0 Å². The summed E-state index contributed by atoms with van der Waals surface area (Å²) in [5, 5.41) is 2.74. The second kappa shape index (κ2) is 8.17. The van der Waals surface area contributed by atoms with Crippen LogP contribution in [0.1, 0.15) is 24.8 Å². The molecule has 6 heteroatoms. The SMILES string of the molecule is C=CC(=O)Nc1ccccc1CC(=O)N1CCN(C(=O)C2CCC2)CC1. The highest BCUT2D eigenvalue weighted by atomic mass is 16.2. The molecular weight excluding hydrogens is 330 g/mol. The van der Waals surface area contributed by atoms with Crippen LogP contribution in [0.2, 0.25) is 0 Å². The predicted octanol–water partition coefficient (Wildman–Crippen LogP) is 1.82. The van der Waals surface area contributed by atoms with Crippen LogP contribution in [0.5, 0.6) is 0 Å². The molecule has 2 fully saturated rings. The van der Waals surface area contributed by atoms with Crippen LogP contribution in [-0.2, 0) is 20.8 Å². The molecule has 138 valence electrons. The van der Waals surface area contributed by atoms with Crippen molar-refractivity contribution in [2.45, 2.75) is 25.7 Å². The number of benzene rings is 1. The number of nitrogens with zero attached hydrogens (tertiary/aromatic N) is 2. The third kappa shape index (κ3) is 4.12. The van der Waals surface area contributed by atoms with E-state index < -0.39 is 0 Å². The Bertz CT molecular complexity index is 704. The summed E-state index contributed by atoms with van der Waals surface area (Å²) in [6.45, 7) is 5.80. The monoisotopic (exact) mass is 355 g/mol. The molecule has 2 aliphatic rings. The third-order valence-corrected chi connectivity index (χ3v) is 5.20. The smallest absolute Gasteiger partial charge is 0.247 e. The number of hydrogen-bond donors (Lipinski definition) is 1. The third-order valence-electron chi connectivity index (χ3n) is 5.20. The lowest BCUT2D eigenvalue weighted by atomic mass is 9.84. The number of anilines is 1. The quantitative estimate of drug-likeness (QED) is 0.819. The zero-order valence-electron chi connectivity index (χ0n) is 14.9. The maximum atomic E-state index is 12.6. The van der Waals surface area contributed by atoms with Gasteiger partial charge in [0.15, 0.2) is 0 Å². The summed E-state index contributed by atoms with van der Waals surface area (Å²) in [6, 6.07) is 7.28. The van der Waals surface area contributed by atoms with Crippen molar-refractivity contribution in [1.82, 2.24) is 9.80 Å². The first-order valence-electron chi connectivity index (χ1n) is 9.16. The number of nitrogens with one attached hydrogen (secondary N) is 1. The Morgan fingerprint density at radius 1 is 1.08 bits per heavy atom. The van der Waals surface area contributed by atoms with Gasteiger partial charge in [0.2, 0.25) is 17.7 Å². The van der Waals surface area contributed by atoms with Crippen LogP contribution in [-0.4, -0.2) is 53.7 Å². The van der Waals surface area contributed by atoms with E-state index in [1.165, 1.54) is 6.08 Å². The van der Waals surface area contributed by atoms with Crippen LogP contribution in [0.25, 0.3) is 0 Å². The van der Waals surface area contributed by atoms with Crippen molar-refractivity contribution in [1.29, 1.82) is 0 Å². The van der Waals surface area contributed by atoms with E-state index in [9.17, 15) is 14.4 Å². The van der Waals surface area contributed by atoms with Crippen LogP contribution in [0.15, 0.2) is 36.9 Å². The van der Waals surface area contributed by atoms with Gasteiger partial charge in [-0.05, 0) is 30.5 Å². The fraction of sp³-hybridized carbons (Fsp3) is 0.450. The molecule has 0 unspecified atom stereocenters. The molecule has 0 aromatic heterocycles. The number of carbonyl (C=O) groups is 3. The van der Waals surface area contributed by atoms with Crippen LogP contribution in [0.4, 0.5) is 5.69 Å². The Labute approximate surface area is 153 Å². The van der Waals surface area contributed by atoms with Gasteiger partial charge in [-0.2, -0.15) is 0 Å². The lowest BCUT2D eigenvalue weighted by molar-refractivity contribution is -0.143. The summed E-state index contributed by atoms with van der Waals surface area (Å²) in [5.74, 6) is 0.174. The van der Waals surface area contributed by atoms with Gasteiger partial charge in [-0.1, -0.05) is 31.2 Å². The molecule has 1 N–H and O–H groups in total. The van der Waals surface area contributed by atoms with E-state index in [-0.39, 0.29) is 30.1 Å². The van der Waals surface area contributed by atoms with Gasteiger partial charge in [0.05, 0.1) is 6.42 Å². The summed E-state index contributed by atoms with van der Waals surface area (Å²) in [5.41, 5.74) is 1.41. The maximum absolute atomic E-state index is 12.6. The molecule has 1 saturated carbocycles. The molecule has 6 nitrogen and oxygen atoms in total. The highest BCUT2D eigenvalue weighted by Crippen LogP contribution is 2.28. The molecule has 1 aromatic carbocycles. The van der Waals surface area contributed by atoms with Gasteiger partial charge in [-0.15, -0.1) is 0 Å². The van der Waals surface area contributed by atoms with Crippen molar-refractivity contribution in [2.24, 2.45) is 5.92 Å². The number of hydrogen-bond acceptors (Lipinski definition) is 3. The summed E-state index contributed by atoms with van der Waals surface area (Å²) in [7, 11) is 0. The van der Waals surface area contributed by atoms with Gasteiger partial charge in [-0.3, -0.25) is 14.4 Å². The average molecular weight is 355 g/mol. The van der Waals surface area contributed by atoms with E-state index in [4.69, 9.17) is 0 Å². The molecule has 3 rings (SSSR count). The first-order valence-corrected chi connectivity index (χ1v) is 9.16. The van der Waals surface area contributed by atoms with E-state index in [2.05, 4.69) is 11.9 Å². The number of amides is 3. The van der Waals surface area contributed by atoms with Crippen molar-refractivity contribution in [3.8, 4) is 0 Å². The number of piperazine rings is 1. The Hall–Kier alpha value is -2.63. The van der Waals surface area contributed by atoms with Crippen molar-refractivity contribution >= 4 is 23.4 Å². The van der Waals surface area contributed by atoms with Gasteiger partial charge in [0.1, 0.15) is 0 Å². The second-order valence-corrected chi connectivity index (χ2v) is 6.86. The molecule has 1 heterocycles. The first-order chi connectivity index (χ1) is 12.6. The molecule has 0 spiro atoms. The fourth-order valence-corrected chi connectivity index (χ4v) is 3.34. The number of para-hydroxylation sites is 1. The molecule has 0 atom stereocenters. The van der Waals surface area contributed by atoms with Gasteiger partial charge in [0, 0.05) is 37.8 Å². The highest BCUT2D eigenvalue weighted by Gasteiger charge is 2.32. The van der Waals surface area contributed by atoms with Crippen LogP contribution >= 0.6 is 0 Å². The number of rotatable bonds is 5. The summed E-state index contributed by atoms with van der Waals surface area (Å²) in [4.78, 5) is 40.2. The van der Waals surface area contributed by atoms with E-state index in [1.54, 1.807) is 11.0 Å². The van der Waals surface area contributed by atoms with Crippen molar-refractivity contribution in [3.63, 3.8) is 0 Å². The first kappa shape index (κ1) is 18.2. The number of carbonyl (C=O) groups excluding carboxylic acids is 3. The van der Waals surface area contributed by atoms with Crippen molar-refractivity contribution in [2.75, 3.05) is 31.5 Å². The Kier molecular flexibility index (Phi) is 5.71. The zero-order chi connectivity index (χ0) is 18.5. The lowest BCUT2D eigenvalue weighted by Crippen LogP contribution is -2.52. The summed E-state index contributed by atoms with van der Waals surface area (Å²) in [6.07, 6.45) is 4.59. The fourth-order valence-electron chi connectivity index (χ4n) is 3.34. The molecule has 1 aliphatic heterocycles. The van der Waals surface area contributed by atoms with Gasteiger partial charge >= 0.3 is 0 Å². The molecule has 26 heavy (non-hydrogen) atoms. The standard InChI is InChI=1S/C20H25N3O3/c1-2-18(24)21-17-9-4-3-6-16(17)14-19(25)22-10-12-23(13-11-22)20(26)15-7-5-8-15/h2-4,6,9,15H,1,5,7-8,10-14H2,(H,21,24). The molecular formula is C20H25N3O3. The van der Waals surface area contributed by atoms with Crippen LogP contribution in [0, 0.1) is 5.92 Å². The normalized spacial score (nSPS) is 17.4. The van der Waals surface area contributed by atoms with Gasteiger partial charge < -0.3 is 15.1 Å². The van der Waals surface area contributed by atoms with Crippen LogP contribution < -0.4 is 5.32 Å². The molecule has 1 saturated heterocycles. The average Bonchev–Trinajstić information content (AvgIpc) is 2.61. The molecule has 1 aromatic rings. The molecule has 1 aliphatic carbocycles. The molecule has 0 bridgehead atoms. The Morgan fingerprint density at radius 2 is 1.73 bits per heavy atom. The van der Waals surface area contributed by atoms with E-state index in [1.807, 2.05) is 23.1 Å². The van der Waals surface area contributed by atoms with Gasteiger partial charge in [-0.25, -0.2) is 0 Å². The maximum Gasteiger partial charge on any atom is 0.247 e. The van der Waals surface area contributed by atoms with Crippen molar-refractivity contribution < 1.29 is 14.4 Å². The largest absolute Gasteiger partial charge is 0.339 e. The molecule has 0 radical (unpaired) electrons. The minimum absolute atomic E-state index is 0.0149. The minimum Gasteiger partial charge on any atom is -0.339 e. The summed E-state index contributed by atoms with van der Waals surface area (Å²) >= 11 is 0. The Balaban J connectivity index is 1.55. The minimum atomic E-state index is -0.298. The van der Waals surface area contributed by atoms with Crippen molar-refractivity contribution in [3.05, 3.63) is 42.5 Å². The topological polar surface area (TPSA) is 69.7 Å². The highest BCUT2D eigenvalue weighted by molar-refractivity contribution is 5.99. The molecule has 3 amide bonds. The second-order valence-electron chi connectivity index (χ2n) is 6.86. The van der Waals surface area contributed by atoms with Gasteiger partial charge in [0.25, 0.3) is 0 Å². The predicted molar refractivity (Wildman–Crippen MR) is 99.5 cm³/mol. The zero-order valence-corrected chi connectivity index (χ0v) is 14.9. The Morgan fingerprint density at radius 3 is 2.35 bits per heavy atom. The van der Waals surface area contributed by atoms with Crippen LogP contribution in [0.3, 0.4) is 0 Å². The lowest BCUT2D eigenvalue weighted by Gasteiger charge is -2.38.